The molecule has 0 atom stereocenters. The van der Waals surface area contributed by atoms with Crippen molar-refractivity contribution in [2.45, 2.75) is 20.4 Å². The van der Waals surface area contributed by atoms with Crippen LogP contribution in [0.1, 0.15) is 19.4 Å². The highest BCUT2D eigenvalue weighted by molar-refractivity contribution is 5.73. The highest BCUT2D eigenvalue weighted by Gasteiger charge is 2.20. The van der Waals surface area contributed by atoms with Gasteiger partial charge in [0.25, 0.3) is 0 Å². The maximum Gasteiger partial charge on any atom is 0.219 e. The largest absolute Gasteiger partial charge is 0.366 e. The van der Waals surface area contributed by atoms with Gasteiger partial charge in [-0.05, 0) is 24.2 Å². The van der Waals surface area contributed by atoms with Crippen molar-refractivity contribution < 1.29 is 9.18 Å². The van der Waals surface area contributed by atoms with Crippen LogP contribution in [0, 0.1) is 5.82 Å². The van der Waals surface area contributed by atoms with Crippen molar-refractivity contribution >= 4 is 11.6 Å². The second-order valence-electron chi connectivity index (χ2n) is 5.06. The van der Waals surface area contributed by atoms with Gasteiger partial charge in [-0.2, -0.15) is 0 Å². The Kier molecular flexibility index (Phi) is 4.95. The van der Waals surface area contributed by atoms with Gasteiger partial charge in [-0.15, -0.1) is 0 Å². The predicted molar refractivity (Wildman–Crippen MR) is 78.2 cm³/mol. The van der Waals surface area contributed by atoms with Gasteiger partial charge in [-0.1, -0.05) is 13.0 Å². The zero-order chi connectivity index (χ0) is 14.5. The van der Waals surface area contributed by atoms with Gasteiger partial charge in [0.2, 0.25) is 5.91 Å². The van der Waals surface area contributed by atoms with Crippen molar-refractivity contribution in [2.75, 3.05) is 37.6 Å². The number of nitrogens with one attached hydrogen (secondary N) is 1. The summed E-state index contributed by atoms with van der Waals surface area (Å²) in [5.41, 5.74) is 1.59. The van der Waals surface area contributed by atoms with E-state index in [0.29, 0.717) is 38.4 Å². The molecule has 0 bridgehead atoms. The lowest BCUT2D eigenvalue weighted by molar-refractivity contribution is -0.129. The summed E-state index contributed by atoms with van der Waals surface area (Å²) in [7, 11) is 0. The number of hydrogen-bond donors (Lipinski definition) is 1. The maximum absolute atomic E-state index is 14.2. The fraction of sp³-hybridized carbons (Fsp3) is 0.533. The highest BCUT2D eigenvalue weighted by atomic mass is 19.1. The molecule has 0 aliphatic carbocycles. The van der Waals surface area contributed by atoms with Crippen molar-refractivity contribution in [1.82, 2.24) is 10.2 Å². The summed E-state index contributed by atoms with van der Waals surface area (Å²) < 4.78 is 14.2. The van der Waals surface area contributed by atoms with Crippen LogP contribution in [-0.4, -0.2) is 43.5 Å². The van der Waals surface area contributed by atoms with E-state index in [2.05, 4.69) is 5.32 Å². The minimum atomic E-state index is -0.184. The second kappa shape index (κ2) is 6.70. The van der Waals surface area contributed by atoms with Crippen LogP contribution in [0.4, 0.5) is 10.1 Å². The summed E-state index contributed by atoms with van der Waals surface area (Å²) in [4.78, 5) is 15.1. The molecule has 1 aliphatic heterocycles. The number of carbonyl (C=O) groups excluding carboxylic acids is 1. The first-order valence-corrected chi connectivity index (χ1v) is 7.11. The van der Waals surface area contributed by atoms with Gasteiger partial charge in [-0.3, -0.25) is 4.79 Å². The van der Waals surface area contributed by atoms with Gasteiger partial charge in [0.05, 0.1) is 5.69 Å². The minimum absolute atomic E-state index is 0.0890. The lowest BCUT2D eigenvalue weighted by Gasteiger charge is -2.35. The third-order valence-corrected chi connectivity index (χ3v) is 3.66. The molecule has 0 spiro atoms. The van der Waals surface area contributed by atoms with E-state index >= 15 is 0 Å². The molecule has 2 rings (SSSR count). The fourth-order valence-electron chi connectivity index (χ4n) is 2.45. The summed E-state index contributed by atoms with van der Waals surface area (Å²) in [6.07, 6.45) is 0. The van der Waals surface area contributed by atoms with E-state index in [1.54, 1.807) is 17.9 Å². The first-order valence-electron chi connectivity index (χ1n) is 7.11. The number of hydrogen-bond acceptors (Lipinski definition) is 3. The first-order chi connectivity index (χ1) is 9.61. The summed E-state index contributed by atoms with van der Waals surface area (Å²) >= 11 is 0. The van der Waals surface area contributed by atoms with E-state index in [-0.39, 0.29) is 11.7 Å². The molecule has 1 N–H and O–H groups in total. The van der Waals surface area contributed by atoms with E-state index in [9.17, 15) is 9.18 Å². The standard InChI is InChI=1S/C15H22FN3O/c1-3-17-11-13-4-5-15(14(16)10-13)19-8-6-18(7-9-19)12(2)20/h4-5,10,17H,3,6-9,11H2,1-2H3. The summed E-state index contributed by atoms with van der Waals surface area (Å²) in [6, 6.07) is 5.39. The van der Waals surface area contributed by atoms with Crippen molar-refractivity contribution in [3.63, 3.8) is 0 Å². The molecule has 1 heterocycles. The van der Waals surface area contributed by atoms with E-state index in [1.165, 1.54) is 0 Å². The number of amides is 1. The normalized spacial score (nSPS) is 15.6. The topological polar surface area (TPSA) is 35.6 Å². The number of halogens is 1. The van der Waals surface area contributed by atoms with Gasteiger partial charge in [-0.25, -0.2) is 4.39 Å². The van der Waals surface area contributed by atoms with Crippen molar-refractivity contribution in [3.8, 4) is 0 Å². The molecule has 1 aromatic carbocycles. The predicted octanol–water partition coefficient (Wildman–Crippen LogP) is 1.60. The van der Waals surface area contributed by atoms with Gasteiger partial charge < -0.3 is 15.1 Å². The Morgan fingerprint density at radius 2 is 2.00 bits per heavy atom. The smallest absolute Gasteiger partial charge is 0.219 e. The average Bonchev–Trinajstić information content (AvgIpc) is 2.45. The van der Waals surface area contributed by atoms with Crippen LogP contribution in [0.3, 0.4) is 0 Å². The van der Waals surface area contributed by atoms with Gasteiger partial charge in [0.15, 0.2) is 0 Å². The van der Waals surface area contributed by atoms with Crippen molar-refractivity contribution in [1.29, 1.82) is 0 Å². The lowest BCUT2D eigenvalue weighted by atomic mass is 10.1. The molecular formula is C15H22FN3O. The summed E-state index contributed by atoms with van der Waals surface area (Å²) in [5.74, 6) is -0.0946. The van der Waals surface area contributed by atoms with E-state index in [4.69, 9.17) is 0 Å². The van der Waals surface area contributed by atoms with Gasteiger partial charge in [0.1, 0.15) is 5.82 Å². The van der Waals surface area contributed by atoms with Crippen LogP contribution >= 0.6 is 0 Å². The zero-order valence-electron chi connectivity index (χ0n) is 12.2. The molecule has 1 fully saturated rings. The number of nitrogens with zero attached hydrogens (tertiary/aromatic N) is 2. The van der Waals surface area contributed by atoms with Gasteiger partial charge in [0, 0.05) is 39.6 Å². The third kappa shape index (κ3) is 3.48. The van der Waals surface area contributed by atoms with E-state index in [0.717, 1.165) is 12.1 Å². The Bertz CT molecular complexity index is 470. The number of anilines is 1. The number of benzene rings is 1. The molecule has 110 valence electrons. The molecule has 1 amide bonds. The molecule has 0 unspecified atom stereocenters. The summed E-state index contributed by atoms with van der Waals surface area (Å²) in [6.45, 7) is 7.85. The molecule has 1 aliphatic rings. The zero-order valence-corrected chi connectivity index (χ0v) is 12.2. The summed E-state index contributed by atoms with van der Waals surface area (Å²) in [5, 5.41) is 3.18. The van der Waals surface area contributed by atoms with Crippen LogP contribution in [0.25, 0.3) is 0 Å². The molecule has 0 radical (unpaired) electrons. The minimum Gasteiger partial charge on any atom is -0.366 e. The number of rotatable bonds is 4. The maximum atomic E-state index is 14.2. The van der Waals surface area contributed by atoms with E-state index < -0.39 is 0 Å². The SMILES string of the molecule is CCNCc1ccc(N2CCN(C(C)=O)CC2)c(F)c1. The Morgan fingerprint density at radius 3 is 2.55 bits per heavy atom. The fourth-order valence-corrected chi connectivity index (χ4v) is 2.45. The number of carbonyl (C=O) groups is 1. The Morgan fingerprint density at radius 1 is 1.30 bits per heavy atom. The molecule has 0 aromatic heterocycles. The Hall–Kier alpha value is -1.62. The first kappa shape index (κ1) is 14.8. The second-order valence-corrected chi connectivity index (χ2v) is 5.06. The molecule has 5 heteroatoms. The van der Waals surface area contributed by atoms with Crippen LogP contribution in [0.15, 0.2) is 18.2 Å². The highest BCUT2D eigenvalue weighted by Crippen LogP contribution is 2.22. The van der Waals surface area contributed by atoms with Crippen LogP contribution < -0.4 is 10.2 Å². The Labute approximate surface area is 119 Å². The van der Waals surface area contributed by atoms with E-state index in [1.807, 2.05) is 24.0 Å². The van der Waals surface area contributed by atoms with Crippen LogP contribution in [-0.2, 0) is 11.3 Å². The molecule has 0 saturated carbocycles. The quantitative estimate of drug-likeness (QED) is 0.909. The number of piperazine rings is 1. The van der Waals surface area contributed by atoms with Gasteiger partial charge >= 0.3 is 0 Å². The molecule has 1 aromatic rings. The average molecular weight is 279 g/mol. The molecule has 1 saturated heterocycles. The van der Waals surface area contributed by atoms with Crippen LogP contribution in [0.2, 0.25) is 0 Å². The molecule has 4 nitrogen and oxygen atoms in total. The van der Waals surface area contributed by atoms with Crippen molar-refractivity contribution in [2.24, 2.45) is 0 Å². The monoisotopic (exact) mass is 279 g/mol. The van der Waals surface area contributed by atoms with Crippen LogP contribution in [0.5, 0.6) is 0 Å². The third-order valence-electron chi connectivity index (χ3n) is 3.66. The molecule has 20 heavy (non-hydrogen) atoms. The van der Waals surface area contributed by atoms with Crippen molar-refractivity contribution in [3.05, 3.63) is 29.6 Å². The Balaban J connectivity index is 2.01. The lowest BCUT2D eigenvalue weighted by Crippen LogP contribution is -2.48. The molecular weight excluding hydrogens is 257 g/mol.